The minimum Gasteiger partial charge on any atom is -0.482 e. The zero-order valence-electron chi connectivity index (χ0n) is 25.3. The predicted octanol–water partition coefficient (Wildman–Crippen LogP) is 6.11. The van der Waals surface area contributed by atoms with Crippen molar-refractivity contribution in [2.75, 3.05) is 18.2 Å². The first kappa shape index (κ1) is 29.1. The molecule has 3 aliphatic rings. The van der Waals surface area contributed by atoms with E-state index in [-0.39, 0.29) is 43.0 Å². The second-order valence-electron chi connectivity index (χ2n) is 12.4. The van der Waals surface area contributed by atoms with Crippen LogP contribution in [0.4, 0.5) is 13.2 Å². The van der Waals surface area contributed by atoms with E-state index in [1.54, 1.807) is 34.0 Å². The molecule has 8 rings (SSSR count). The van der Waals surface area contributed by atoms with E-state index >= 15 is 4.39 Å². The van der Waals surface area contributed by atoms with Crippen molar-refractivity contribution in [3.63, 3.8) is 0 Å². The van der Waals surface area contributed by atoms with E-state index in [1.165, 1.54) is 24.3 Å². The quantitative estimate of drug-likeness (QED) is 0.217. The van der Waals surface area contributed by atoms with Crippen LogP contribution in [0.5, 0.6) is 5.75 Å². The number of hydrogen-bond acceptors (Lipinski definition) is 4. The Bertz CT molecular complexity index is 2080. The normalized spacial score (nSPS) is 19.3. The smallest absolute Gasteiger partial charge is 0.277 e. The number of nitrogens with zero attached hydrogens (tertiary/aromatic N) is 3. The molecule has 0 fully saturated rings. The molecule has 6 nitrogen and oxygen atoms in total. The molecule has 2 unspecified atom stereocenters. The number of carbonyl (C=O) groups excluding carboxylic acids is 1. The highest BCUT2D eigenvalue weighted by Crippen LogP contribution is 2.57. The van der Waals surface area contributed by atoms with Gasteiger partial charge in [0.15, 0.2) is 23.1 Å². The Morgan fingerprint density at radius 1 is 0.787 bits per heavy atom. The summed E-state index contributed by atoms with van der Waals surface area (Å²) in [5.74, 6) is -2.77. The average molecular weight is 634 g/mol. The Hall–Kier alpha value is -5.31. The van der Waals surface area contributed by atoms with Gasteiger partial charge in [-0.05, 0) is 70.8 Å². The van der Waals surface area contributed by atoms with Crippen LogP contribution < -0.4 is 15.2 Å². The maximum absolute atomic E-state index is 15.5. The summed E-state index contributed by atoms with van der Waals surface area (Å²) in [7, 11) is 0. The van der Waals surface area contributed by atoms with Crippen molar-refractivity contribution >= 4 is 5.91 Å². The second-order valence-corrected chi connectivity index (χ2v) is 12.4. The largest absolute Gasteiger partial charge is 0.482 e. The first-order chi connectivity index (χ1) is 22.9. The molecule has 47 heavy (non-hydrogen) atoms. The van der Waals surface area contributed by atoms with Gasteiger partial charge in [0.05, 0.1) is 0 Å². The number of aromatic nitrogens is 1. The van der Waals surface area contributed by atoms with Gasteiger partial charge in [-0.25, -0.2) is 13.2 Å². The van der Waals surface area contributed by atoms with Crippen LogP contribution in [0.15, 0.2) is 108 Å². The van der Waals surface area contributed by atoms with Crippen LogP contribution in [0.1, 0.15) is 43.9 Å². The summed E-state index contributed by atoms with van der Waals surface area (Å²) in [4.78, 5) is 29.5. The maximum Gasteiger partial charge on any atom is 0.277 e. The number of carbonyl (C=O) groups is 1. The van der Waals surface area contributed by atoms with Gasteiger partial charge in [-0.3, -0.25) is 19.3 Å². The molecule has 0 spiro atoms. The molecule has 2 atom stereocenters. The van der Waals surface area contributed by atoms with E-state index in [0.717, 1.165) is 22.3 Å². The van der Waals surface area contributed by atoms with Crippen molar-refractivity contribution in [2.45, 2.75) is 31.4 Å². The SMILES string of the molecule is O=C1c2c(OCc3ccccc3)c(=O)ccn2N(C23c4ccccc4CC2Cc2c3ccc(F)c2F)CN1CCc1ccc(F)cc1. The molecule has 0 saturated heterocycles. The molecule has 0 bridgehead atoms. The van der Waals surface area contributed by atoms with E-state index in [9.17, 15) is 18.4 Å². The highest BCUT2D eigenvalue weighted by molar-refractivity contribution is 5.96. The summed E-state index contributed by atoms with van der Waals surface area (Å²) < 4.78 is 51.7. The van der Waals surface area contributed by atoms with Crippen molar-refractivity contribution < 1.29 is 22.7 Å². The van der Waals surface area contributed by atoms with Gasteiger partial charge in [0.2, 0.25) is 5.43 Å². The number of rotatable bonds is 7. The van der Waals surface area contributed by atoms with Gasteiger partial charge in [-0.15, -0.1) is 0 Å². The lowest BCUT2D eigenvalue weighted by atomic mass is 9.81. The fourth-order valence-corrected chi connectivity index (χ4v) is 7.76. The third-order valence-corrected chi connectivity index (χ3v) is 9.85. The number of fused-ring (bicyclic) bond motifs is 6. The van der Waals surface area contributed by atoms with Gasteiger partial charge in [-0.1, -0.05) is 72.8 Å². The number of benzene rings is 4. The van der Waals surface area contributed by atoms with Crippen molar-refractivity contribution in [1.29, 1.82) is 0 Å². The minimum atomic E-state index is -0.976. The van der Waals surface area contributed by atoms with Crippen molar-refractivity contribution in [1.82, 2.24) is 9.58 Å². The lowest BCUT2D eigenvalue weighted by molar-refractivity contribution is 0.0645. The van der Waals surface area contributed by atoms with E-state index in [1.807, 2.05) is 53.5 Å². The Labute approximate surface area is 269 Å². The topological polar surface area (TPSA) is 54.8 Å². The predicted molar refractivity (Wildman–Crippen MR) is 170 cm³/mol. The van der Waals surface area contributed by atoms with Crippen LogP contribution in [0.3, 0.4) is 0 Å². The van der Waals surface area contributed by atoms with Crippen molar-refractivity contribution in [2.24, 2.45) is 5.92 Å². The van der Waals surface area contributed by atoms with E-state index < -0.39 is 28.5 Å². The minimum absolute atomic E-state index is 0.0623. The number of hydrogen-bond donors (Lipinski definition) is 0. The van der Waals surface area contributed by atoms with E-state index in [4.69, 9.17) is 4.74 Å². The molecule has 0 radical (unpaired) electrons. The second kappa shape index (κ2) is 11.2. The maximum atomic E-state index is 15.5. The van der Waals surface area contributed by atoms with E-state index in [2.05, 4.69) is 6.07 Å². The van der Waals surface area contributed by atoms with Gasteiger partial charge < -0.3 is 9.64 Å². The number of pyridine rings is 1. The third-order valence-electron chi connectivity index (χ3n) is 9.85. The fourth-order valence-electron chi connectivity index (χ4n) is 7.76. The molecule has 9 heteroatoms. The van der Waals surface area contributed by atoms with Crippen LogP contribution in [-0.2, 0) is 31.4 Å². The Morgan fingerprint density at radius 2 is 1.55 bits per heavy atom. The Kier molecular flexibility index (Phi) is 6.93. The lowest BCUT2D eigenvalue weighted by Gasteiger charge is -2.50. The summed E-state index contributed by atoms with van der Waals surface area (Å²) in [5.41, 5.74) is 3.30. The molecular weight excluding hydrogens is 603 g/mol. The monoisotopic (exact) mass is 633 g/mol. The number of halogens is 3. The summed E-state index contributed by atoms with van der Waals surface area (Å²) in [5, 5.41) is 2.02. The molecule has 1 amide bonds. The highest BCUT2D eigenvalue weighted by Gasteiger charge is 2.59. The number of amides is 1. The lowest BCUT2D eigenvalue weighted by Crippen LogP contribution is -2.63. The van der Waals surface area contributed by atoms with E-state index in [0.29, 0.717) is 30.4 Å². The zero-order valence-corrected chi connectivity index (χ0v) is 25.3. The first-order valence-electron chi connectivity index (χ1n) is 15.7. The number of ether oxygens (including phenoxy) is 1. The van der Waals surface area contributed by atoms with Crippen LogP contribution in [0.25, 0.3) is 0 Å². The molecule has 236 valence electrons. The van der Waals surface area contributed by atoms with Gasteiger partial charge in [0, 0.05) is 24.7 Å². The van der Waals surface area contributed by atoms with Crippen LogP contribution in [0.2, 0.25) is 0 Å². The average Bonchev–Trinajstić information content (AvgIpc) is 3.59. The molecular formula is C38H30F3N3O3. The van der Waals surface area contributed by atoms with Crippen LogP contribution in [0, 0.1) is 23.4 Å². The molecule has 0 N–H and O–H groups in total. The Morgan fingerprint density at radius 3 is 2.36 bits per heavy atom. The van der Waals surface area contributed by atoms with Gasteiger partial charge in [0.25, 0.3) is 5.91 Å². The first-order valence-corrected chi connectivity index (χ1v) is 15.7. The van der Waals surface area contributed by atoms with Crippen molar-refractivity contribution in [3.05, 3.63) is 170 Å². The molecule has 1 aromatic heterocycles. The van der Waals surface area contributed by atoms with Crippen LogP contribution >= 0.6 is 0 Å². The molecule has 1 aliphatic heterocycles. The molecule has 0 saturated carbocycles. The Balaban J connectivity index is 1.31. The van der Waals surface area contributed by atoms with Crippen molar-refractivity contribution in [3.8, 4) is 5.75 Å². The standard InChI is InChI=1S/C38H30F3N3O3/c39-28-12-10-24(11-13-28)16-18-42-23-44(43-19-17-33(45)36(35(43)37(42)46)47-22-25-6-2-1-3-7-25)38-27(20-26-8-4-5-9-30(26)38)21-29-31(38)14-15-32(40)34(29)41/h1-15,17,19,27H,16,18,20-23H2. The zero-order chi connectivity index (χ0) is 32.3. The summed E-state index contributed by atoms with van der Waals surface area (Å²) in [6.07, 6.45) is 2.94. The summed E-state index contributed by atoms with van der Waals surface area (Å²) in [6, 6.07) is 27.7. The van der Waals surface area contributed by atoms with Gasteiger partial charge in [-0.2, -0.15) is 0 Å². The summed E-state index contributed by atoms with van der Waals surface area (Å²) in [6.45, 7) is 0.423. The molecule has 4 aromatic carbocycles. The third kappa shape index (κ3) is 4.55. The van der Waals surface area contributed by atoms with Gasteiger partial charge >= 0.3 is 0 Å². The van der Waals surface area contributed by atoms with Gasteiger partial charge in [0.1, 0.15) is 24.6 Å². The molecule has 2 aliphatic carbocycles. The summed E-state index contributed by atoms with van der Waals surface area (Å²) >= 11 is 0. The molecule has 2 heterocycles. The fraction of sp³-hybridized carbons (Fsp3) is 0.211. The van der Waals surface area contributed by atoms with Crippen LogP contribution in [-0.4, -0.2) is 28.7 Å². The molecule has 5 aromatic rings. The highest BCUT2D eigenvalue weighted by atomic mass is 19.2.